The van der Waals surface area contributed by atoms with Gasteiger partial charge in [0.2, 0.25) is 5.91 Å². The van der Waals surface area contributed by atoms with Crippen molar-refractivity contribution >= 4 is 24.2 Å². The summed E-state index contributed by atoms with van der Waals surface area (Å²) in [5.41, 5.74) is 7.15. The number of benzene rings is 1. The van der Waals surface area contributed by atoms with Gasteiger partial charge in [-0.3, -0.25) is 9.59 Å². The minimum atomic E-state index is -0.0936. The van der Waals surface area contributed by atoms with Crippen LogP contribution in [0.3, 0.4) is 0 Å². The number of hydrogen-bond donors (Lipinski definition) is 3. The first-order chi connectivity index (χ1) is 10.2. The molecular weight excluding hydrogens is 302 g/mol. The molecule has 2 rings (SSSR count). The van der Waals surface area contributed by atoms with E-state index in [0.717, 1.165) is 31.2 Å². The molecule has 1 fully saturated rings. The number of carbonyl (C=O) groups is 2. The summed E-state index contributed by atoms with van der Waals surface area (Å²) in [7, 11) is 0. The van der Waals surface area contributed by atoms with Crippen molar-refractivity contribution in [1.29, 1.82) is 0 Å². The van der Waals surface area contributed by atoms with Gasteiger partial charge in [-0.25, -0.2) is 0 Å². The number of nitrogens with two attached hydrogens (primary N) is 1. The van der Waals surface area contributed by atoms with Crippen LogP contribution in [-0.4, -0.2) is 24.9 Å². The van der Waals surface area contributed by atoms with Gasteiger partial charge in [0, 0.05) is 31.1 Å². The first-order valence-electron chi connectivity index (χ1n) is 7.55. The largest absolute Gasteiger partial charge is 0.356 e. The summed E-state index contributed by atoms with van der Waals surface area (Å²) in [6.07, 6.45) is 3.94. The Labute approximate surface area is 137 Å². The molecule has 2 amide bonds. The van der Waals surface area contributed by atoms with E-state index in [1.165, 1.54) is 0 Å². The summed E-state index contributed by atoms with van der Waals surface area (Å²) < 4.78 is 0. The van der Waals surface area contributed by atoms with Crippen LogP contribution in [-0.2, 0) is 11.3 Å². The van der Waals surface area contributed by atoms with Crippen molar-refractivity contribution < 1.29 is 9.59 Å². The molecule has 1 aliphatic rings. The Bertz CT molecular complexity index is 487. The van der Waals surface area contributed by atoms with Gasteiger partial charge in [-0.2, -0.15) is 0 Å². The van der Waals surface area contributed by atoms with E-state index in [1.807, 2.05) is 12.1 Å². The van der Waals surface area contributed by atoms with Crippen molar-refractivity contribution in [3.05, 3.63) is 35.4 Å². The lowest BCUT2D eigenvalue weighted by Crippen LogP contribution is -2.36. The van der Waals surface area contributed by atoms with Crippen LogP contribution in [0, 0.1) is 5.92 Å². The van der Waals surface area contributed by atoms with E-state index in [4.69, 9.17) is 5.73 Å². The van der Waals surface area contributed by atoms with Gasteiger partial charge in [0.1, 0.15) is 0 Å². The summed E-state index contributed by atoms with van der Waals surface area (Å²) >= 11 is 0. The molecule has 0 spiro atoms. The summed E-state index contributed by atoms with van der Waals surface area (Å²) in [5.74, 6) is 0.287. The Morgan fingerprint density at radius 1 is 1.09 bits per heavy atom. The summed E-state index contributed by atoms with van der Waals surface area (Å²) in [6, 6.07) is 7.26. The summed E-state index contributed by atoms with van der Waals surface area (Å²) in [4.78, 5) is 23.5. The van der Waals surface area contributed by atoms with E-state index >= 15 is 0 Å². The van der Waals surface area contributed by atoms with Gasteiger partial charge in [-0.05, 0) is 37.0 Å². The monoisotopic (exact) mass is 325 g/mol. The van der Waals surface area contributed by atoms with Gasteiger partial charge in [0.15, 0.2) is 0 Å². The van der Waals surface area contributed by atoms with Crippen LogP contribution < -0.4 is 16.4 Å². The standard InChI is InChI=1S/C16H23N3O2.ClH/c17-11-12-5-7-14(8-6-12)16(21)19-10-2-9-18-15(20)13-3-1-4-13;/h5-8,13H,1-4,9-11,17H2,(H,18,20)(H,19,21);1H. The van der Waals surface area contributed by atoms with E-state index in [-0.39, 0.29) is 30.1 Å². The number of hydrogen-bond acceptors (Lipinski definition) is 3. The molecule has 1 saturated carbocycles. The Morgan fingerprint density at radius 2 is 1.73 bits per heavy atom. The lowest BCUT2D eigenvalue weighted by atomic mass is 9.85. The van der Waals surface area contributed by atoms with Crippen LogP contribution in [0.1, 0.15) is 41.6 Å². The predicted molar refractivity (Wildman–Crippen MR) is 88.9 cm³/mol. The first kappa shape index (κ1) is 18.5. The molecule has 0 unspecified atom stereocenters. The number of halogens is 1. The van der Waals surface area contributed by atoms with Gasteiger partial charge in [-0.15, -0.1) is 12.4 Å². The second-order valence-electron chi connectivity index (χ2n) is 5.43. The quantitative estimate of drug-likeness (QED) is 0.666. The van der Waals surface area contributed by atoms with Crippen molar-refractivity contribution in [2.45, 2.75) is 32.2 Å². The fourth-order valence-electron chi connectivity index (χ4n) is 2.21. The molecule has 0 aromatic heterocycles. The Hall–Kier alpha value is -1.59. The molecule has 0 radical (unpaired) electrons. The molecule has 6 heteroatoms. The van der Waals surface area contributed by atoms with Crippen LogP contribution in [0.25, 0.3) is 0 Å². The van der Waals surface area contributed by atoms with Crippen molar-refractivity contribution in [3.8, 4) is 0 Å². The molecule has 0 atom stereocenters. The highest BCUT2D eigenvalue weighted by Crippen LogP contribution is 2.25. The van der Waals surface area contributed by atoms with Crippen molar-refractivity contribution in [2.24, 2.45) is 11.7 Å². The molecule has 0 saturated heterocycles. The van der Waals surface area contributed by atoms with Gasteiger partial charge >= 0.3 is 0 Å². The predicted octanol–water partition coefficient (Wildman–Crippen LogP) is 1.60. The maximum atomic E-state index is 11.9. The molecule has 5 nitrogen and oxygen atoms in total. The smallest absolute Gasteiger partial charge is 0.251 e. The second kappa shape index (κ2) is 9.43. The highest BCUT2D eigenvalue weighted by molar-refractivity contribution is 5.94. The summed E-state index contributed by atoms with van der Waals surface area (Å²) in [5, 5.41) is 5.75. The fourth-order valence-corrected chi connectivity index (χ4v) is 2.21. The Balaban J connectivity index is 0.00000242. The molecule has 0 bridgehead atoms. The number of rotatable bonds is 7. The van der Waals surface area contributed by atoms with Crippen LogP contribution in [0.2, 0.25) is 0 Å². The first-order valence-corrected chi connectivity index (χ1v) is 7.55. The zero-order valence-electron chi connectivity index (χ0n) is 12.6. The molecule has 4 N–H and O–H groups in total. The van der Waals surface area contributed by atoms with Crippen LogP contribution in [0.4, 0.5) is 0 Å². The van der Waals surface area contributed by atoms with Gasteiger partial charge in [-0.1, -0.05) is 18.6 Å². The highest BCUT2D eigenvalue weighted by Gasteiger charge is 2.24. The molecular formula is C16H24ClN3O2. The molecule has 0 aliphatic heterocycles. The third-order valence-electron chi connectivity index (χ3n) is 3.87. The average Bonchev–Trinajstić information content (AvgIpc) is 2.45. The fraction of sp³-hybridized carbons (Fsp3) is 0.500. The van der Waals surface area contributed by atoms with Crippen LogP contribution in [0.5, 0.6) is 0 Å². The van der Waals surface area contributed by atoms with Crippen molar-refractivity contribution in [3.63, 3.8) is 0 Å². The molecule has 22 heavy (non-hydrogen) atoms. The maximum absolute atomic E-state index is 11.9. The number of amides is 2. The SMILES string of the molecule is Cl.NCc1ccc(C(=O)NCCCNC(=O)C2CCC2)cc1. The van der Waals surface area contributed by atoms with Crippen LogP contribution >= 0.6 is 12.4 Å². The van der Waals surface area contributed by atoms with Gasteiger partial charge in [0.05, 0.1) is 0 Å². The van der Waals surface area contributed by atoms with E-state index in [1.54, 1.807) is 12.1 Å². The normalized spacial score (nSPS) is 13.7. The van der Waals surface area contributed by atoms with Gasteiger partial charge < -0.3 is 16.4 Å². The van der Waals surface area contributed by atoms with Gasteiger partial charge in [0.25, 0.3) is 5.91 Å². The zero-order chi connectivity index (χ0) is 15.1. The van der Waals surface area contributed by atoms with Crippen molar-refractivity contribution in [2.75, 3.05) is 13.1 Å². The number of carbonyl (C=O) groups excluding carboxylic acids is 2. The minimum Gasteiger partial charge on any atom is -0.356 e. The Morgan fingerprint density at radius 3 is 2.27 bits per heavy atom. The number of nitrogens with one attached hydrogen (secondary N) is 2. The zero-order valence-corrected chi connectivity index (χ0v) is 13.5. The van der Waals surface area contributed by atoms with E-state index in [9.17, 15) is 9.59 Å². The molecule has 1 aliphatic carbocycles. The minimum absolute atomic E-state index is 0. The van der Waals surface area contributed by atoms with E-state index in [2.05, 4.69) is 10.6 Å². The topological polar surface area (TPSA) is 84.2 Å². The maximum Gasteiger partial charge on any atom is 0.251 e. The lowest BCUT2D eigenvalue weighted by molar-refractivity contribution is -0.127. The third-order valence-corrected chi connectivity index (χ3v) is 3.87. The second-order valence-corrected chi connectivity index (χ2v) is 5.43. The molecule has 0 heterocycles. The Kier molecular flexibility index (Phi) is 7.91. The lowest BCUT2D eigenvalue weighted by Gasteiger charge is -2.23. The molecule has 122 valence electrons. The van der Waals surface area contributed by atoms with Crippen LogP contribution in [0.15, 0.2) is 24.3 Å². The summed E-state index contributed by atoms with van der Waals surface area (Å²) in [6.45, 7) is 1.65. The van der Waals surface area contributed by atoms with E-state index < -0.39 is 0 Å². The van der Waals surface area contributed by atoms with Crippen molar-refractivity contribution in [1.82, 2.24) is 10.6 Å². The highest BCUT2D eigenvalue weighted by atomic mass is 35.5. The third kappa shape index (κ3) is 5.31. The van der Waals surface area contributed by atoms with E-state index in [0.29, 0.717) is 25.2 Å². The average molecular weight is 326 g/mol. The molecule has 1 aromatic rings. The molecule has 1 aromatic carbocycles.